The maximum atomic E-state index is 11.7. The van der Waals surface area contributed by atoms with E-state index in [1.54, 1.807) is 4.68 Å². The molecular weight excluding hydrogens is 276 g/mol. The van der Waals surface area contributed by atoms with Crippen LogP contribution in [-0.2, 0) is 9.84 Å². The smallest absolute Gasteiger partial charge is 0.155 e. The molecule has 1 aromatic rings. The first-order valence-electron chi connectivity index (χ1n) is 5.60. The van der Waals surface area contributed by atoms with Crippen molar-refractivity contribution in [2.24, 2.45) is 0 Å². The summed E-state index contributed by atoms with van der Waals surface area (Å²) in [6, 6.07) is -0.0162. The molecule has 0 radical (unpaired) electrons. The fourth-order valence-corrected chi connectivity index (χ4v) is 2.30. The summed E-state index contributed by atoms with van der Waals surface area (Å²) in [5.74, 6) is 0. The Hall–Kier alpha value is -0.590. The monoisotopic (exact) mass is 294 g/mol. The average Bonchev–Trinajstić information content (AvgIpc) is 2.57. The molecule has 0 bridgehead atoms. The van der Waals surface area contributed by atoms with Crippen LogP contribution in [-0.4, -0.2) is 34.3 Å². The molecule has 1 aromatic heterocycles. The van der Waals surface area contributed by atoms with Gasteiger partial charge in [-0.3, -0.25) is 4.68 Å². The van der Waals surface area contributed by atoms with Crippen LogP contribution in [0.3, 0.4) is 0 Å². The number of nitrogens with zero attached hydrogens (tertiary/aromatic N) is 2. The summed E-state index contributed by atoms with van der Waals surface area (Å²) in [6.07, 6.45) is 1.28. The van der Waals surface area contributed by atoms with Crippen LogP contribution in [0.4, 0.5) is 0 Å². The lowest BCUT2D eigenvalue weighted by Crippen LogP contribution is -2.39. The van der Waals surface area contributed by atoms with Gasteiger partial charge in [0.2, 0.25) is 0 Å². The lowest BCUT2D eigenvalue weighted by atomic mass is 10.0. The molecule has 5 nitrogen and oxygen atoms in total. The number of hydrogen-bond donors (Lipinski definition) is 1. The Labute approximate surface area is 113 Å². The predicted octanol–water partition coefficient (Wildman–Crippen LogP) is 1.97. The van der Waals surface area contributed by atoms with Crippen molar-refractivity contribution in [1.82, 2.24) is 9.78 Å². The molecule has 0 spiro atoms. The van der Waals surface area contributed by atoms with E-state index < -0.39 is 20.7 Å². The molecule has 0 aliphatic heterocycles. The van der Waals surface area contributed by atoms with Crippen molar-refractivity contribution in [3.63, 3.8) is 0 Å². The molecule has 0 aromatic carbocycles. The predicted molar refractivity (Wildman–Crippen MR) is 71.5 cm³/mol. The Morgan fingerprint density at radius 3 is 2.33 bits per heavy atom. The van der Waals surface area contributed by atoms with E-state index in [1.807, 2.05) is 13.8 Å². The van der Waals surface area contributed by atoms with Crippen LogP contribution in [0.25, 0.3) is 0 Å². The van der Waals surface area contributed by atoms with Gasteiger partial charge in [0.25, 0.3) is 0 Å². The Morgan fingerprint density at radius 2 is 1.94 bits per heavy atom. The lowest BCUT2D eigenvalue weighted by molar-refractivity contribution is 0.127. The Morgan fingerprint density at radius 1 is 1.44 bits per heavy atom. The zero-order chi connectivity index (χ0) is 14.3. The van der Waals surface area contributed by atoms with Gasteiger partial charge in [0.05, 0.1) is 21.7 Å². The number of halogens is 1. The molecule has 0 saturated heterocycles. The van der Waals surface area contributed by atoms with Crippen molar-refractivity contribution >= 4 is 21.4 Å². The first-order valence-corrected chi connectivity index (χ1v) is 7.87. The van der Waals surface area contributed by atoms with Gasteiger partial charge in [-0.1, -0.05) is 11.6 Å². The normalized spacial score (nSPS) is 15.1. The zero-order valence-electron chi connectivity index (χ0n) is 11.2. The summed E-state index contributed by atoms with van der Waals surface area (Å²) in [6.45, 7) is 6.71. The second kappa shape index (κ2) is 4.83. The molecule has 1 heterocycles. The Bertz CT molecular complexity index is 534. The van der Waals surface area contributed by atoms with Crippen molar-refractivity contribution in [2.45, 2.75) is 44.6 Å². The first-order chi connectivity index (χ1) is 8.00. The third kappa shape index (κ3) is 2.55. The van der Waals surface area contributed by atoms with E-state index in [2.05, 4.69) is 5.10 Å². The van der Waals surface area contributed by atoms with Gasteiger partial charge in [0.15, 0.2) is 9.84 Å². The molecule has 18 heavy (non-hydrogen) atoms. The molecule has 0 aliphatic carbocycles. The second-order valence-electron chi connectivity index (χ2n) is 5.19. The van der Waals surface area contributed by atoms with Crippen molar-refractivity contribution in [3.05, 3.63) is 16.9 Å². The topological polar surface area (TPSA) is 72.2 Å². The third-order valence-corrected chi connectivity index (χ3v) is 5.58. The quantitative estimate of drug-likeness (QED) is 0.921. The lowest BCUT2D eigenvalue weighted by Gasteiger charge is -2.29. The van der Waals surface area contributed by atoms with E-state index in [0.717, 1.165) is 6.26 Å². The molecule has 0 fully saturated rings. The molecule has 7 heteroatoms. The molecule has 1 unspecified atom stereocenters. The van der Waals surface area contributed by atoms with Crippen LogP contribution >= 0.6 is 11.6 Å². The Kier molecular flexibility index (Phi) is 4.15. The highest BCUT2D eigenvalue weighted by atomic mass is 35.5. The van der Waals surface area contributed by atoms with E-state index >= 15 is 0 Å². The maximum Gasteiger partial charge on any atom is 0.155 e. The Balaban J connectivity index is 3.36. The van der Waals surface area contributed by atoms with Gasteiger partial charge in [-0.15, -0.1) is 0 Å². The van der Waals surface area contributed by atoms with E-state index in [1.165, 1.54) is 20.0 Å². The number of sulfone groups is 1. The van der Waals surface area contributed by atoms with Crippen molar-refractivity contribution in [2.75, 3.05) is 6.26 Å². The van der Waals surface area contributed by atoms with Crippen LogP contribution in [0.5, 0.6) is 0 Å². The highest BCUT2D eigenvalue weighted by Crippen LogP contribution is 2.36. The highest BCUT2D eigenvalue weighted by Gasteiger charge is 2.41. The van der Waals surface area contributed by atoms with Gasteiger partial charge in [-0.2, -0.15) is 5.10 Å². The van der Waals surface area contributed by atoms with Gasteiger partial charge in [-0.05, 0) is 27.7 Å². The number of aromatic nitrogens is 2. The van der Waals surface area contributed by atoms with Crippen LogP contribution in [0, 0.1) is 0 Å². The SMILES string of the molecule is CC(C)n1ncc(Cl)c1C(O)C(C)(C)S(C)(=O)=O. The number of aliphatic hydroxyl groups is 1. The molecule has 0 amide bonds. The molecule has 1 N–H and O–H groups in total. The zero-order valence-corrected chi connectivity index (χ0v) is 12.7. The van der Waals surface area contributed by atoms with Crippen LogP contribution < -0.4 is 0 Å². The van der Waals surface area contributed by atoms with Crippen molar-refractivity contribution in [1.29, 1.82) is 0 Å². The number of aliphatic hydroxyl groups excluding tert-OH is 1. The van der Waals surface area contributed by atoms with E-state index in [4.69, 9.17) is 11.6 Å². The van der Waals surface area contributed by atoms with E-state index in [9.17, 15) is 13.5 Å². The minimum absolute atomic E-state index is 0.0162. The van der Waals surface area contributed by atoms with E-state index in [0.29, 0.717) is 5.69 Å². The fourth-order valence-electron chi connectivity index (χ4n) is 1.55. The summed E-state index contributed by atoms with van der Waals surface area (Å²) in [5.41, 5.74) is 0.335. The molecule has 104 valence electrons. The van der Waals surface area contributed by atoms with Crippen molar-refractivity contribution in [3.8, 4) is 0 Å². The highest BCUT2D eigenvalue weighted by molar-refractivity contribution is 7.92. The molecule has 1 atom stereocenters. The van der Waals surface area contributed by atoms with Crippen LogP contribution in [0.2, 0.25) is 5.02 Å². The van der Waals surface area contributed by atoms with Gasteiger partial charge < -0.3 is 5.11 Å². The average molecular weight is 295 g/mol. The third-order valence-electron chi connectivity index (χ3n) is 3.15. The molecular formula is C11H19ClN2O3S. The minimum Gasteiger partial charge on any atom is -0.385 e. The molecule has 0 saturated carbocycles. The molecule has 0 aliphatic rings. The van der Waals surface area contributed by atoms with Gasteiger partial charge in [0, 0.05) is 12.3 Å². The summed E-state index contributed by atoms with van der Waals surface area (Å²) in [7, 11) is -3.44. The van der Waals surface area contributed by atoms with E-state index in [-0.39, 0.29) is 11.1 Å². The number of hydrogen-bond acceptors (Lipinski definition) is 4. The summed E-state index contributed by atoms with van der Waals surface area (Å²) < 4.78 is 23.7. The van der Waals surface area contributed by atoms with Gasteiger partial charge >= 0.3 is 0 Å². The standard InChI is InChI=1S/C11H19ClN2O3S/c1-7(2)14-9(8(12)6-13-14)10(15)11(3,4)18(5,16)17/h6-7,10,15H,1-5H3. The second-order valence-corrected chi connectivity index (χ2v) is 8.20. The maximum absolute atomic E-state index is 11.7. The molecule has 1 rings (SSSR count). The summed E-state index contributed by atoms with van der Waals surface area (Å²) in [5, 5.41) is 14.7. The van der Waals surface area contributed by atoms with Crippen LogP contribution in [0.15, 0.2) is 6.20 Å². The van der Waals surface area contributed by atoms with Gasteiger partial charge in [-0.25, -0.2) is 8.42 Å². The minimum atomic E-state index is -3.44. The van der Waals surface area contributed by atoms with Gasteiger partial charge in [0.1, 0.15) is 6.10 Å². The van der Waals surface area contributed by atoms with Crippen molar-refractivity contribution < 1.29 is 13.5 Å². The summed E-state index contributed by atoms with van der Waals surface area (Å²) >= 11 is 6.00. The fraction of sp³-hybridized carbons (Fsp3) is 0.727. The first kappa shape index (κ1) is 15.5. The summed E-state index contributed by atoms with van der Waals surface area (Å²) in [4.78, 5) is 0. The van der Waals surface area contributed by atoms with Crippen LogP contribution in [0.1, 0.15) is 45.5 Å². The number of rotatable bonds is 4. The largest absolute Gasteiger partial charge is 0.385 e.